The molecular formula is C21H22N4O. The fourth-order valence-corrected chi connectivity index (χ4v) is 3.64. The van der Waals surface area contributed by atoms with Crippen molar-refractivity contribution in [2.75, 3.05) is 6.54 Å². The lowest BCUT2D eigenvalue weighted by molar-refractivity contribution is 0.0735. The molecule has 1 aliphatic heterocycles. The number of carbonyl (C=O) groups excluding carboxylic acids is 1. The predicted molar refractivity (Wildman–Crippen MR) is 101 cm³/mol. The lowest BCUT2D eigenvalue weighted by Gasteiger charge is -2.25. The maximum atomic E-state index is 12.9. The molecular weight excluding hydrogens is 324 g/mol. The minimum atomic E-state index is 0.0961. The first kappa shape index (κ1) is 16.5. The second-order valence-electron chi connectivity index (χ2n) is 6.75. The first-order chi connectivity index (χ1) is 12.6. The normalized spacial score (nSPS) is 16.8. The number of rotatable bonds is 3. The van der Waals surface area contributed by atoms with Gasteiger partial charge in [-0.1, -0.05) is 18.2 Å². The second kappa shape index (κ2) is 6.75. The molecule has 0 unspecified atom stereocenters. The van der Waals surface area contributed by atoms with Gasteiger partial charge in [0.1, 0.15) is 5.82 Å². The third kappa shape index (κ3) is 2.90. The number of likely N-dealkylation sites (tertiary alicyclic amines) is 1. The van der Waals surface area contributed by atoms with Crippen LogP contribution in [0.5, 0.6) is 0 Å². The van der Waals surface area contributed by atoms with Gasteiger partial charge in [0.05, 0.1) is 23.6 Å². The SMILES string of the molecule is Cc1ncc(-c2cc([C@H]3CCCN3C(=O)c3ccccc3)ccn2)n1C. The summed E-state index contributed by atoms with van der Waals surface area (Å²) in [5.41, 5.74) is 3.76. The Bertz CT molecular complexity index is 932. The highest BCUT2D eigenvalue weighted by Crippen LogP contribution is 2.34. The van der Waals surface area contributed by atoms with Crippen molar-refractivity contribution in [3.05, 3.63) is 71.8 Å². The number of hydrogen-bond acceptors (Lipinski definition) is 3. The topological polar surface area (TPSA) is 51.0 Å². The van der Waals surface area contributed by atoms with Crippen molar-refractivity contribution in [2.45, 2.75) is 25.8 Å². The van der Waals surface area contributed by atoms with Crippen molar-refractivity contribution in [3.63, 3.8) is 0 Å². The standard InChI is InChI=1S/C21H22N4O/c1-15-23-14-20(24(15)2)18-13-17(10-11-22-18)19-9-6-12-25(19)21(26)16-7-4-3-5-8-16/h3-5,7-8,10-11,13-14,19H,6,9,12H2,1-2H3/t19-/m1/s1. The molecule has 1 aromatic carbocycles. The van der Waals surface area contributed by atoms with Crippen LogP contribution in [0.15, 0.2) is 54.9 Å². The predicted octanol–water partition coefficient (Wildman–Crippen LogP) is 3.77. The smallest absolute Gasteiger partial charge is 0.254 e. The van der Waals surface area contributed by atoms with Crippen LogP contribution in [0.25, 0.3) is 11.4 Å². The van der Waals surface area contributed by atoms with E-state index >= 15 is 0 Å². The lowest BCUT2D eigenvalue weighted by atomic mass is 10.0. The molecule has 5 nitrogen and oxygen atoms in total. The molecule has 0 radical (unpaired) electrons. The minimum Gasteiger partial charge on any atom is -0.332 e. The van der Waals surface area contributed by atoms with Crippen LogP contribution in [0.4, 0.5) is 0 Å². The van der Waals surface area contributed by atoms with E-state index in [2.05, 4.69) is 16.0 Å². The molecule has 0 aliphatic carbocycles. The molecule has 1 aliphatic rings. The average Bonchev–Trinajstić information content (AvgIpc) is 3.30. The van der Waals surface area contributed by atoms with Crippen LogP contribution in [0.2, 0.25) is 0 Å². The molecule has 0 spiro atoms. The van der Waals surface area contributed by atoms with Gasteiger partial charge in [0.2, 0.25) is 0 Å². The molecule has 0 bridgehead atoms. The molecule has 1 amide bonds. The zero-order valence-corrected chi connectivity index (χ0v) is 15.1. The van der Waals surface area contributed by atoms with E-state index < -0.39 is 0 Å². The molecule has 132 valence electrons. The summed E-state index contributed by atoms with van der Waals surface area (Å²) in [7, 11) is 1.99. The van der Waals surface area contributed by atoms with E-state index in [9.17, 15) is 4.79 Å². The summed E-state index contributed by atoms with van der Waals surface area (Å²) in [4.78, 5) is 23.8. The monoisotopic (exact) mass is 346 g/mol. The zero-order valence-electron chi connectivity index (χ0n) is 15.1. The van der Waals surface area contributed by atoms with E-state index in [4.69, 9.17) is 0 Å². The van der Waals surface area contributed by atoms with E-state index in [1.165, 1.54) is 0 Å². The van der Waals surface area contributed by atoms with Gasteiger partial charge in [-0.3, -0.25) is 9.78 Å². The van der Waals surface area contributed by atoms with Crippen molar-refractivity contribution in [1.29, 1.82) is 0 Å². The van der Waals surface area contributed by atoms with Gasteiger partial charge >= 0.3 is 0 Å². The Morgan fingerprint density at radius 3 is 2.69 bits per heavy atom. The maximum absolute atomic E-state index is 12.9. The average molecular weight is 346 g/mol. The molecule has 5 heteroatoms. The molecule has 3 aromatic rings. The van der Waals surface area contributed by atoms with Crippen LogP contribution in [-0.2, 0) is 7.05 Å². The van der Waals surface area contributed by atoms with E-state index in [0.29, 0.717) is 0 Å². The Hall–Kier alpha value is -2.95. The summed E-state index contributed by atoms with van der Waals surface area (Å²) in [5.74, 6) is 1.05. The highest BCUT2D eigenvalue weighted by molar-refractivity contribution is 5.94. The molecule has 1 saturated heterocycles. The van der Waals surface area contributed by atoms with Crippen molar-refractivity contribution in [2.24, 2.45) is 7.05 Å². The highest BCUT2D eigenvalue weighted by atomic mass is 16.2. The third-order valence-corrected chi connectivity index (χ3v) is 5.19. The number of hydrogen-bond donors (Lipinski definition) is 0. The first-order valence-electron chi connectivity index (χ1n) is 8.96. The number of pyridine rings is 1. The minimum absolute atomic E-state index is 0.0961. The van der Waals surface area contributed by atoms with E-state index in [1.807, 2.05) is 72.2 Å². The van der Waals surface area contributed by atoms with Crippen LogP contribution >= 0.6 is 0 Å². The summed E-state index contributed by atoms with van der Waals surface area (Å²) < 4.78 is 2.04. The van der Waals surface area contributed by atoms with Crippen LogP contribution in [0.1, 0.15) is 40.6 Å². The first-order valence-corrected chi connectivity index (χ1v) is 8.96. The van der Waals surface area contributed by atoms with Crippen molar-refractivity contribution < 1.29 is 4.79 Å². The maximum Gasteiger partial charge on any atom is 0.254 e. The number of amides is 1. The number of nitrogens with zero attached hydrogens (tertiary/aromatic N) is 4. The summed E-state index contributed by atoms with van der Waals surface area (Å²) in [6, 6.07) is 13.7. The Balaban J connectivity index is 1.65. The molecule has 0 saturated carbocycles. The third-order valence-electron chi connectivity index (χ3n) is 5.19. The van der Waals surface area contributed by atoms with Crippen LogP contribution in [-0.4, -0.2) is 31.9 Å². The highest BCUT2D eigenvalue weighted by Gasteiger charge is 2.30. The van der Waals surface area contributed by atoms with Crippen LogP contribution in [0.3, 0.4) is 0 Å². The van der Waals surface area contributed by atoms with Gasteiger partial charge in [-0.25, -0.2) is 4.98 Å². The van der Waals surface area contributed by atoms with Gasteiger partial charge in [0, 0.05) is 25.4 Å². The summed E-state index contributed by atoms with van der Waals surface area (Å²) >= 11 is 0. The van der Waals surface area contributed by atoms with Gasteiger partial charge in [-0.15, -0.1) is 0 Å². The van der Waals surface area contributed by atoms with Crippen molar-refractivity contribution >= 4 is 5.91 Å². The lowest BCUT2D eigenvalue weighted by Crippen LogP contribution is -2.30. The van der Waals surface area contributed by atoms with E-state index in [-0.39, 0.29) is 11.9 Å². The fourth-order valence-electron chi connectivity index (χ4n) is 3.64. The van der Waals surface area contributed by atoms with Gasteiger partial charge in [0.15, 0.2) is 0 Å². The number of carbonyl (C=O) groups is 1. The Morgan fingerprint density at radius 2 is 1.96 bits per heavy atom. The molecule has 2 aromatic heterocycles. The second-order valence-corrected chi connectivity index (χ2v) is 6.75. The Kier molecular flexibility index (Phi) is 4.29. The molecule has 0 N–H and O–H groups in total. The largest absolute Gasteiger partial charge is 0.332 e. The van der Waals surface area contributed by atoms with Crippen LogP contribution < -0.4 is 0 Å². The van der Waals surface area contributed by atoms with Gasteiger partial charge in [-0.2, -0.15) is 0 Å². The summed E-state index contributed by atoms with van der Waals surface area (Å²) in [6.07, 6.45) is 5.68. The van der Waals surface area contributed by atoms with Crippen molar-refractivity contribution in [1.82, 2.24) is 19.4 Å². The summed E-state index contributed by atoms with van der Waals surface area (Å²) in [5, 5.41) is 0. The quantitative estimate of drug-likeness (QED) is 0.725. The number of aryl methyl sites for hydroxylation is 1. The van der Waals surface area contributed by atoms with E-state index in [1.54, 1.807) is 0 Å². The van der Waals surface area contributed by atoms with E-state index in [0.717, 1.165) is 47.7 Å². The molecule has 4 rings (SSSR count). The summed E-state index contributed by atoms with van der Waals surface area (Å²) in [6.45, 7) is 2.77. The van der Waals surface area contributed by atoms with Gasteiger partial charge in [0.25, 0.3) is 5.91 Å². The van der Waals surface area contributed by atoms with Crippen LogP contribution in [0, 0.1) is 6.92 Å². The molecule has 1 atom stereocenters. The molecule has 1 fully saturated rings. The molecule has 3 heterocycles. The fraction of sp³-hybridized carbons (Fsp3) is 0.286. The Morgan fingerprint density at radius 1 is 1.15 bits per heavy atom. The number of benzene rings is 1. The van der Waals surface area contributed by atoms with Gasteiger partial charge < -0.3 is 9.47 Å². The Labute approximate surface area is 153 Å². The van der Waals surface area contributed by atoms with Gasteiger partial charge in [-0.05, 0) is 49.6 Å². The van der Waals surface area contributed by atoms with Crippen molar-refractivity contribution in [3.8, 4) is 11.4 Å². The zero-order chi connectivity index (χ0) is 18.1. The number of imidazole rings is 1. The molecule has 26 heavy (non-hydrogen) atoms. The number of aromatic nitrogens is 3.